The van der Waals surface area contributed by atoms with Crippen molar-refractivity contribution in [3.8, 4) is 0 Å². The van der Waals surface area contributed by atoms with Crippen LogP contribution in [0.3, 0.4) is 0 Å². The molecule has 0 aliphatic rings. The third-order valence-electron chi connectivity index (χ3n) is 1.84. The Hall–Kier alpha value is -2.10. The predicted octanol–water partition coefficient (Wildman–Crippen LogP) is 0.806. The lowest BCUT2D eigenvalue weighted by Crippen LogP contribution is -2.20. The van der Waals surface area contributed by atoms with Gasteiger partial charge in [-0.1, -0.05) is 18.2 Å². The molecule has 0 saturated carbocycles. The number of carbonyl (C=O) groups is 2. The van der Waals surface area contributed by atoms with Crippen LogP contribution in [0.1, 0.15) is 17.3 Å². The fraction of sp³-hybridized carbons (Fsp3) is 0.0909. The number of amides is 2. The average Bonchev–Trinajstić information content (AvgIpc) is 2.26. The number of hydrogen-bond acceptors (Lipinski definition) is 2. The van der Waals surface area contributed by atoms with Gasteiger partial charge in [0.15, 0.2) is 0 Å². The Kier molecular flexibility index (Phi) is 3.62. The topological polar surface area (TPSA) is 72.2 Å². The van der Waals surface area contributed by atoms with Crippen molar-refractivity contribution in [1.29, 1.82) is 0 Å². The molecule has 15 heavy (non-hydrogen) atoms. The van der Waals surface area contributed by atoms with Crippen molar-refractivity contribution in [3.63, 3.8) is 0 Å². The minimum absolute atomic E-state index is 0.267. The van der Waals surface area contributed by atoms with Crippen molar-refractivity contribution in [1.82, 2.24) is 5.32 Å². The summed E-state index contributed by atoms with van der Waals surface area (Å²) in [5.74, 6) is -0.820. The molecule has 0 fully saturated rings. The molecule has 0 aromatic heterocycles. The first-order valence-electron chi connectivity index (χ1n) is 4.43. The van der Waals surface area contributed by atoms with E-state index in [1.165, 1.54) is 13.1 Å². The van der Waals surface area contributed by atoms with Crippen LogP contribution in [0.15, 0.2) is 42.1 Å². The molecule has 0 spiro atoms. The van der Waals surface area contributed by atoms with Crippen LogP contribution in [-0.2, 0) is 4.79 Å². The SMILES string of the molecule is C/C(=C/NC(=O)c1ccccc1)C(N)=O. The van der Waals surface area contributed by atoms with E-state index in [1.807, 2.05) is 6.07 Å². The molecule has 4 heteroatoms. The Morgan fingerprint density at radius 1 is 1.27 bits per heavy atom. The first-order chi connectivity index (χ1) is 7.11. The lowest BCUT2D eigenvalue weighted by molar-refractivity contribution is -0.114. The minimum Gasteiger partial charge on any atom is -0.366 e. The molecule has 1 aromatic carbocycles. The molecule has 0 bridgehead atoms. The van der Waals surface area contributed by atoms with E-state index in [2.05, 4.69) is 5.32 Å². The van der Waals surface area contributed by atoms with E-state index in [4.69, 9.17) is 5.73 Å². The Balaban J connectivity index is 2.66. The minimum atomic E-state index is -0.552. The quantitative estimate of drug-likeness (QED) is 0.715. The van der Waals surface area contributed by atoms with Crippen molar-refractivity contribution in [3.05, 3.63) is 47.7 Å². The van der Waals surface area contributed by atoms with Gasteiger partial charge >= 0.3 is 0 Å². The Bertz CT molecular complexity index is 396. The van der Waals surface area contributed by atoms with Gasteiger partial charge in [-0.2, -0.15) is 0 Å². The number of benzene rings is 1. The average molecular weight is 204 g/mol. The van der Waals surface area contributed by atoms with Crippen molar-refractivity contribution in [2.45, 2.75) is 6.92 Å². The first kappa shape index (κ1) is 11.0. The molecule has 0 radical (unpaired) electrons. The van der Waals surface area contributed by atoms with Crippen LogP contribution in [0, 0.1) is 0 Å². The van der Waals surface area contributed by atoms with Gasteiger partial charge in [-0.25, -0.2) is 0 Å². The summed E-state index contributed by atoms with van der Waals surface area (Å²) in [6.45, 7) is 1.54. The summed E-state index contributed by atoms with van der Waals surface area (Å²) in [7, 11) is 0. The monoisotopic (exact) mass is 204 g/mol. The van der Waals surface area contributed by atoms with Gasteiger partial charge < -0.3 is 11.1 Å². The lowest BCUT2D eigenvalue weighted by atomic mass is 10.2. The second-order valence-corrected chi connectivity index (χ2v) is 3.03. The fourth-order valence-electron chi connectivity index (χ4n) is 0.918. The van der Waals surface area contributed by atoms with Crippen molar-refractivity contribution >= 4 is 11.8 Å². The van der Waals surface area contributed by atoms with Crippen LogP contribution in [-0.4, -0.2) is 11.8 Å². The van der Waals surface area contributed by atoms with E-state index in [-0.39, 0.29) is 5.91 Å². The zero-order valence-corrected chi connectivity index (χ0v) is 8.36. The zero-order chi connectivity index (χ0) is 11.3. The fourth-order valence-corrected chi connectivity index (χ4v) is 0.918. The number of carbonyl (C=O) groups excluding carboxylic acids is 2. The molecule has 0 unspecified atom stereocenters. The number of nitrogens with one attached hydrogen (secondary N) is 1. The summed E-state index contributed by atoms with van der Waals surface area (Å²) in [5, 5.41) is 2.48. The molecule has 0 aliphatic carbocycles. The van der Waals surface area contributed by atoms with Gasteiger partial charge in [-0.05, 0) is 19.1 Å². The van der Waals surface area contributed by atoms with Crippen LogP contribution in [0.5, 0.6) is 0 Å². The Labute approximate surface area is 87.8 Å². The van der Waals surface area contributed by atoms with Gasteiger partial charge in [-0.3, -0.25) is 9.59 Å². The smallest absolute Gasteiger partial charge is 0.255 e. The van der Waals surface area contributed by atoms with Crippen molar-refractivity contribution in [2.75, 3.05) is 0 Å². The maximum Gasteiger partial charge on any atom is 0.255 e. The molecule has 0 saturated heterocycles. The maximum atomic E-state index is 11.5. The molecular formula is C11H12N2O2. The number of nitrogens with two attached hydrogens (primary N) is 1. The lowest BCUT2D eigenvalue weighted by Gasteiger charge is -2.00. The van der Waals surface area contributed by atoms with E-state index in [0.29, 0.717) is 11.1 Å². The van der Waals surface area contributed by atoms with Crippen LogP contribution < -0.4 is 11.1 Å². The molecule has 0 atom stereocenters. The highest BCUT2D eigenvalue weighted by Gasteiger charge is 2.02. The highest BCUT2D eigenvalue weighted by molar-refractivity contribution is 5.96. The summed E-state index contributed by atoms with van der Waals surface area (Å²) in [6, 6.07) is 8.71. The summed E-state index contributed by atoms with van der Waals surface area (Å²) in [4.78, 5) is 22.1. The van der Waals surface area contributed by atoms with Gasteiger partial charge in [0.1, 0.15) is 0 Å². The number of primary amides is 1. The molecular weight excluding hydrogens is 192 g/mol. The van der Waals surface area contributed by atoms with E-state index in [0.717, 1.165) is 0 Å². The van der Waals surface area contributed by atoms with Gasteiger partial charge in [0, 0.05) is 17.3 Å². The third kappa shape index (κ3) is 3.27. The van der Waals surface area contributed by atoms with Gasteiger partial charge in [0.25, 0.3) is 5.91 Å². The molecule has 1 rings (SSSR count). The van der Waals surface area contributed by atoms with Gasteiger partial charge in [-0.15, -0.1) is 0 Å². The van der Waals surface area contributed by atoms with Crippen molar-refractivity contribution in [2.24, 2.45) is 5.73 Å². The van der Waals surface area contributed by atoms with Crippen LogP contribution >= 0.6 is 0 Å². The molecule has 2 amide bonds. The largest absolute Gasteiger partial charge is 0.366 e. The Morgan fingerprint density at radius 2 is 1.87 bits per heavy atom. The second kappa shape index (κ2) is 4.95. The normalized spacial score (nSPS) is 10.9. The zero-order valence-electron chi connectivity index (χ0n) is 8.36. The predicted molar refractivity (Wildman–Crippen MR) is 56.9 cm³/mol. The Morgan fingerprint density at radius 3 is 2.40 bits per heavy atom. The van der Waals surface area contributed by atoms with Crippen LogP contribution in [0.4, 0.5) is 0 Å². The summed E-state index contributed by atoms with van der Waals surface area (Å²) in [6.07, 6.45) is 1.30. The third-order valence-corrected chi connectivity index (χ3v) is 1.84. The molecule has 1 aromatic rings. The summed E-state index contributed by atoms with van der Waals surface area (Å²) < 4.78 is 0. The molecule has 78 valence electrons. The molecule has 0 aliphatic heterocycles. The highest BCUT2D eigenvalue weighted by Crippen LogP contribution is 1.98. The highest BCUT2D eigenvalue weighted by atomic mass is 16.2. The van der Waals surface area contributed by atoms with E-state index < -0.39 is 5.91 Å². The molecule has 0 heterocycles. The standard InChI is InChI=1S/C11H12N2O2/c1-8(10(12)14)7-13-11(15)9-5-3-2-4-6-9/h2-7H,1H3,(H2,12,14)(H,13,15)/b8-7-. The molecule has 3 N–H and O–H groups in total. The number of hydrogen-bond donors (Lipinski definition) is 2. The van der Waals surface area contributed by atoms with Gasteiger partial charge in [0.05, 0.1) is 0 Å². The van der Waals surface area contributed by atoms with Crippen molar-refractivity contribution < 1.29 is 9.59 Å². The van der Waals surface area contributed by atoms with Crippen LogP contribution in [0.25, 0.3) is 0 Å². The summed E-state index contributed by atoms with van der Waals surface area (Å²) >= 11 is 0. The van der Waals surface area contributed by atoms with Crippen LogP contribution in [0.2, 0.25) is 0 Å². The van der Waals surface area contributed by atoms with Gasteiger partial charge in [0.2, 0.25) is 5.91 Å². The number of rotatable bonds is 3. The second-order valence-electron chi connectivity index (χ2n) is 3.03. The first-order valence-corrected chi connectivity index (χ1v) is 4.43. The van der Waals surface area contributed by atoms with E-state index in [9.17, 15) is 9.59 Å². The van der Waals surface area contributed by atoms with E-state index >= 15 is 0 Å². The summed E-state index contributed by atoms with van der Waals surface area (Å²) in [5.41, 5.74) is 5.84. The maximum absolute atomic E-state index is 11.5. The molecule has 4 nitrogen and oxygen atoms in total. The van der Waals surface area contributed by atoms with E-state index in [1.54, 1.807) is 24.3 Å².